The highest BCUT2D eigenvalue weighted by Crippen LogP contribution is 2.12. The van der Waals surface area contributed by atoms with Crippen LogP contribution in [0, 0.1) is 0 Å². The van der Waals surface area contributed by atoms with Crippen molar-refractivity contribution in [1.29, 1.82) is 0 Å². The predicted molar refractivity (Wildman–Crippen MR) is 51.2 cm³/mol. The van der Waals surface area contributed by atoms with Crippen molar-refractivity contribution < 1.29 is 9.47 Å². The summed E-state index contributed by atoms with van der Waals surface area (Å²) in [5, 5.41) is 0. The number of rotatable bonds is 4. The van der Waals surface area contributed by atoms with Crippen LogP contribution in [0.4, 0.5) is 0 Å². The van der Waals surface area contributed by atoms with Crippen LogP contribution in [-0.4, -0.2) is 30.9 Å². The molecule has 1 aliphatic rings. The van der Waals surface area contributed by atoms with Crippen LogP contribution in [0.2, 0.25) is 0 Å². The summed E-state index contributed by atoms with van der Waals surface area (Å²) in [6.07, 6.45) is 3.76. The van der Waals surface area contributed by atoms with Gasteiger partial charge in [0.05, 0.1) is 24.3 Å². The molecular weight excluding hydrogens is 174 g/mol. The third-order valence-electron chi connectivity index (χ3n) is 1.82. The van der Waals surface area contributed by atoms with Crippen molar-refractivity contribution in [2.75, 3.05) is 19.8 Å². The smallest absolute Gasteiger partial charge is 0.0989 e. The molecule has 3 nitrogen and oxygen atoms in total. The molecule has 70 valence electrons. The van der Waals surface area contributed by atoms with Crippen LogP contribution < -0.4 is 5.73 Å². The highest BCUT2D eigenvalue weighted by Gasteiger charge is 2.13. The Kier molecular flexibility index (Phi) is 4.50. The van der Waals surface area contributed by atoms with Crippen LogP contribution in [0.3, 0.4) is 0 Å². The molecule has 12 heavy (non-hydrogen) atoms. The average molecular weight is 189 g/mol. The van der Waals surface area contributed by atoms with Gasteiger partial charge in [-0.25, -0.2) is 0 Å². The molecule has 1 saturated heterocycles. The van der Waals surface area contributed by atoms with Gasteiger partial charge in [-0.2, -0.15) is 0 Å². The third-order valence-corrected chi connectivity index (χ3v) is 1.94. The lowest BCUT2D eigenvalue weighted by Gasteiger charge is -2.22. The molecule has 1 fully saturated rings. The van der Waals surface area contributed by atoms with E-state index in [0.717, 1.165) is 13.0 Å². The Hall–Kier alpha value is -0.190. The number of thiocarbonyl (C=S) groups is 1. The molecule has 1 rings (SSSR count). The van der Waals surface area contributed by atoms with Gasteiger partial charge in [-0.05, 0) is 19.3 Å². The number of ether oxygens (including phenoxy) is 2. The van der Waals surface area contributed by atoms with Crippen molar-refractivity contribution in [3.63, 3.8) is 0 Å². The number of nitrogens with two attached hydrogens (primary N) is 1. The largest absolute Gasteiger partial charge is 0.391 e. The highest BCUT2D eigenvalue weighted by atomic mass is 32.1. The topological polar surface area (TPSA) is 44.5 Å². The lowest BCUT2D eigenvalue weighted by molar-refractivity contribution is -0.0335. The van der Waals surface area contributed by atoms with Crippen LogP contribution in [-0.2, 0) is 9.47 Å². The summed E-state index contributed by atoms with van der Waals surface area (Å²) < 4.78 is 10.7. The zero-order valence-electron chi connectivity index (χ0n) is 7.12. The molecule has 0 amide bonds. The van der Waals surface area contributed by atoms with E-state index in [0.29, 0.717) is 18.2 Å². The summed E-state index contributed by atoms with van der Waals surface area (Å²) >= 11 is 4.67. The number of hydrogen-bond donors (Lipinski definition) is 1. The van der Waals surface area contributed by atoms with Crippen LogP contribution in [0.15, 0.2) is 0 Å². The average Bonchev–Trinajstić information content (AvgIpc) is 2.05. The van der Waals surface area contributed by atoms with Gasteiger partial charge in [0.1, 0.15) is 0 Å². The fraction of sp³-hybridized carbons (Fsp3) is 0.875. The van der Waals surface area contributed by atoms with Crippen molar-refractivity contribution in [2.24, 2.45) is 5.73 Å². The van der Waals surface area contributed by atoms with E-state index in [-0.39, 0.29) is 6.10 Å². The Morgan fingerprint density at radius 1 is 1.58 bits per heavy atom. The van der Waals surface area contributed by atoms with E-state index in [9.17, 15) is 0 Å². The first-order valence-corrected chi connectivity index (χ1v) is 4.67. The van der Waals surface area contributed by atoms with E-state index < -0.39 is 0 Å². The van der Waals surface area contributed by atoms with Crippen molar-refractivity contribution >= 4 is 17.2 Å². The van der Waals surface area contributed by atoms with Gasteiger partial charge in [0.25, 0.3) is 0 Å². The molecule has 0 spiro atoms. The second-order valence-corrected chi connectivity index (χ2v) is 3.49. The summed E-state index contributed by atoms with van der Waals surface area (Å²) in [5.74, 6) is 0. The fourth-order valence-corrected chi connectivity index (χ4v) is 1.31. The van der Waals surface area contributed by atoms with Gasteiger partial charge in [0.2, 0.25) is 0 Å². The van der Waals surface area contributed by atoms with Crippen molar-refractivity contribution in [3.8, 4) is 0 Å². The quantitative estimate of drug-likeness (QED) is 0.666. The molecule has 1 unspecified atom stereocenters. The van der Waals surface area contributed by atoms with Gasteiger partial charge in [-0.3, -0.25) is 0 Å². The second kappa shape index (κ2) is 5.45. The maximum atomic E-state index is 5.45. The summed E-state index contributed by atoms with van der Waals surface area (Å²) in [5.41, 5.74) is 5.27. The van der Waals surface area contributed by atoms with Gasteiger partial charge in [0.15, 0.2) is 0 Å². The van der Waals surface area contributed by atoms with E-state index in [1.54, 1.807) is 0 Å². The maximum absolute atomic E-state index is 5.45. The minimum Gasteiger partial charge on any atom is -0.391 e. The molecule has 2 N–H and O–H groups in total. The molecule has 0 aromatic heterocycles. The van der Waals surface area contributed by atoms with E-state index in [1.165, 1.54) is 12.8 Å². The number of hydrogen-bond acceptors (Lipinski definition) is 3. The SMILES string of the molecule is NC(=S)COCC1CCCCO1. The van der Waals surface area contributed by atoms with Crippen molar-refractivity contribution in [3.05, 3.63) is 0 Å². The molecule has 0 aromatic carbocycles. The lowest BCUT2D eigenvalue weighted by Crippen LogP contribution is -2.26. The molecule has 1 heterocycles. The molecule has 0 bridgehead atoms. The van der Waals surface area contributed by atoms with Gasteiger partial charge in [-0.15, -0.1) is 0 Å². The van der Waals surface area contributed by atoms with Gasteiger partial charge in [0, 0.05) is 6.61 Å². The zero-order valence-corrected chi connectivity index (χ0v) is 7.94. The maximum Gasteiger partial charge on any atom is 0.0989 e. The Morgan fingerprint density at radius 2 is 2.42 bits per heavy atom. The Bertz CT molecular complexity index is 146. The predicted octanol–water partition coefficient (Wildman–Crippen LogP) is 0.858. The first-order chi connectivity index (χ1) is 5.79. The van der Waals surface area contributed by atoms with E-state index in [1.807, 2.05) is 0 Å². The van der Waals surface area contributed by atoms with Crippen LogP contribution >= 0.6 is 12.2 Å². The minimum absolute atomic E-state index is 0.257. The van der Waals surface area contributed by atoms with Gasteiger partial charge < -0.3 is 15.2 Å². The first-order valence-electron chi connectivity index (χ1n) is 4.26. The second-order valence-electron chi connectivity index (χ2n) is 2.97. The lowest BCUT2D eigenvalue weighted by atomic mass is 10.1. The van der Waals surface area contributed by atoms with Crippen LogP contribution in [0.5, 0.6) is 0 Å². The molecule has 1 atom stereocenters. The molecule has 0 aromatic rings. The van der Waals surface area contributed by atoms with E-state index in [2.05, 4.69) is 12.2 Å². The van der Waals surface area contributed by atoms with Crippen LogP contribution in [0.25, 0.3) is 0 Å². The molecule has 0 radical (unpaired) electrons. The monoisotopic (exact) mass is 189 g/mol. The molecule has 0 aliphatic carbocycles. The summed E-state index contributed by atoms with van der Waals surface area (Å²) in [6.45, 7) is 1.85. The summed E-state index contributed by atoms with van der Waals surface area (Å²) in [6, 6.07) is 0. The normalized spacial score (nSPS) is 23.8. The fourth-order valence-electron chi connectivity index (χ4n) is 1.23. The summed E-state index contributed by atoms with van der Waals surface area (Å²) in [7, 11) is 0. The van der Waals surface area contributed by atoms with Gasteiger partial charge in [-0.1, -0.05) is 12.2 Å². The molecular formula is C8H15NO2S. The standard InChI is InChI=1S/C8H15NO2S/c9-8(12)6-10-5-7-3-1-2-4-11-7/h7H,1-6H2,(H2,9,12). The van der Waals surface area contributed by atoms with Crippen LogP contribution in [0.1, 0.15) is 19.3 Å². The van der Waals surface area contributed by atoms with Gasteiger partial charge >= 0.3 is 0 Å². The third kappa shape index (κ3) is 3.99. The molecule has 1 aliphatic heterocycles. The van der Waals surface area contributed by atoms with E-state index >= 15 is 0 Å². The zero-order chi connectivity index (χ0) is 8.81. The molecule has 4 heteroatoms. The highest BCUT2D eigenvalue weighted by molar-refractivity contribution is 7.80. The Morgan fingerprint density at radius 3 is 3.00 bits per heavy atom. The minimum atomic E-state index is 0.257. The molecule has 0 saturated carbocycles. The van der Waals surface area contributed by atoms with E-state index in [4.69, 9.17) is 15.2 Å². The van der Waals surface area contributed by atoms with Crippen molar-refractivity contribution in [1.82, 2.24) is 0 Å². The summed E-state index contributed by atoms with van der Waals surface area (Å²) in [4.78, 5) is 0.408. The van der Waals surface area contributed by atoms with Crippen molar-refractivity contribution in [2.45, 2.75) is 25.4 Å². The Labute approximate surface area is 78.2 Å². The Balaban J connectivity index is 2.01. The first kappa shape index (κ1) is 9.89.